The number of amides is 2. The molecule has 0 aromatic carbocycles. The molecule has 0 spiro atoms. The number of aliphatic hydroxyl groups is 1. The monoisotopic (exact) mass is 258 g/mol. The van der Waals surface area contributed by atoms with Gasteiger partial charge in [-0.05, 0) is 25.2 Å². The van der Waals surface area contributed by atoms with Gasteiger partial charge in [-0.1, -0.05) is 6.92 Å². The summed E-state index contributed by atoms with van der Waals surface area (Å²) in [5, 5.41) is 18.0. The fourth-order valence-corrected chi connectivity index (χ4v) is 2.23. The summed E-state index contributed by atoms with van der Waals surface area (Å²) in [4.78, 5) is 25.6. The average molecular weight is 258 g/mol. The van der Waals surface area contributed by atoms with Gasteiger partial charge in [0.15, 0.2) is 0 Å². The zero-order valence-electron chi connectivity index (χ0n) is 11.0. The maximum absolute atomic E-state index is 12.1. The smallest absolute Gasteiger partial charge is 0.323 e. The van der Waals surface area contributed by atoms with Crippen LogP contribution < -0.4 is 0 Å². The second-order valence-electron chi connectivity index (χ2n) is 4.97. The van der Waals surface area contributed by atoms with Gasteiger partial charge in [-0.3, -0.25) is 4.79 Å². The van der Waals surface area contributed by atoms with Crippen molar-refractivity contribution in [2.75, 3.05) is 26.7 Å². The normalized spacial score (nSPS) is 22.2. The second kappa shape index (κ2) is 6.58. The zero-order chi connectivity index (χ0) is 13.7. The van der Waals surface area contributed by atoms with Gasteiger partial charge in [-0.2, -0.15) is 0 Å². The van der Waals surface area contributed by atoms with Crippen molar-refractivity contribution >= 4 is 12.0 Å². The SMILES string of the molecule is CCCN(CC(=O)O)C(=O)N(C)CC1CC(O)C1. The molecule has 1 aliphatic rings. The third-order valence-corrected chi connectivity index (χ3v) is 3.16. The van der Waals surface area contributed by atoms with E-state index in [1.165, 1.54) is 4.90 Å². The molecule has 0 radical (unpaired) electrons. The van der Waals surface area contributed by atoms with Crippen LogP contribution in [0.5, 0.6) is 0 Å². The van der Waals surface area contributed by atoms with Gasteiger partial charge in [0.05, 0.1) is 6.10 Å². The van der Waals surface area contributed by atoms with Gasteiger partial charge in [0, 0.05) is 20.1 Å². The highest BCUT2D eigenvalue weighted by molar-refractivity contribution is 5.80. The van der Waals surface area contributed by atoms with Crippen LogP contribution in [-0.4, -0.2) is 64.8 Å². The summed E-state index contributed by atoms with van der Waals surface area (Å²) in [5.41, 5.74) is 0. The van der Waals surface area contributed by atoms with Crippen LogP contribution in [0.25, 0.3) is 0 Å². The lowest BCUT2D eigenvalue weighted by molar-refractivity contribution is -0.137. The van der Waals surface area contributed by atoms with Crippen molar-refractivity contribution < 1.29 is 19.8 Å². The van der Waals surface area contributed by atoms with Gasteiger partial charge in [0.1, 0.15) is 6.54 Å². The molecule has 104 valence electrons. The Bertz CT molecular complexity index is 302. The molecule has 1 rings (SSSR count). The van der Waals surface area contributed by atoms with Gasteiger partial charge in [-0.15, -0.1) is 0 Å². The first-order valence-corrected chi connectivity index (χ1v) is 6.34. The topological polar surface area (TPSA) is 81.1 Å². The maximum Gasteiger partial charge on any atom is 0.323 e. The molecule has 1 fully saturated rings. The van der Waals surface area contributed by atoms with Gasteiger partial charge in [0.2, 0.25) is 0 Å². The lowest BCUT2D eigenvalue weighted by atomic mass is 9.82. The number of carboxylic acid groups (broad SMARTS) is 1. The number of carbonyl (C=O) groups excluding carboxylic acids is 1. The molecule has 0 atom stereocenters. The van der Waals surface area contributed by atoms with E-state index < -0.39 is 5.97 Å². The first-order chi connectivity index (χ1) is 8.43. The minimum Gasteiger partial charge on any atom is -0.480 e. The highest BCUT2D eigenvalue weighted by atomic mass is 16.4. The minimum absolute atomic E-state index is 0.232. The van der Waals surface area contributed by atoms with Crippen molar-refractivity contribution in [3.63, 3.8) is 0 Å². The summed E-state index contributed by atoms with van der Waals surface area (Å²) in [6, 6.07) is -0.249. The third kappa shape index (κ3) is 4.18. The van der Waals surface area contributed by atoms with Crippen LogP contribution in [-0.2, 0) is 4.79 Å². The summed E-state index contributed by atoms with van der Waals surface area (Å²) < 4.78 is 0. The van der Waals surface area contributed by atoms with Crippen molar-refractivity contribution in [3.8, 4) is 0 Å². The Kier molecular flexibility index (Phi) is 5.40. The molecule has 6 nitrogen and oxygen atoms in total. The molecule has 0 aromatic rings. The van der Waals surface area contributed by atoms with Crippen molar-refractivity contribution in [2.24, 2.45) is 5.92 Å². The third-order valence-electron chi connectivity index (χ3n) is 3.16. The van der Waals surface area contributed by atoms with E-state index in [2.05, 4.69) is 0 Å². The van der Waals surface area contributed by atoms with Crippen LogP contribution in [0.4, 0.5) is 4.79 Å². The number of hydrogen-bond acceptors (Lipinski definition) is 3. The maximum atomic E-state index is 12.1. The van der Waals surface area contributed by atoms with E-state index in [0.717, 1.165) is 19.3 Å². The number of urea groups is 1. The molecule has 6 heteroatoms. The molecule has 2 amide bonds. The predicted molar refractivity (Wildman–Crippen MR) is 66.3 cm³/mol. The molecule has 0 unspecified atom stereocenters. The minimum atomic E-state index is -0.996. The molecule has 2 N–H and O–H groups in total. The van der Waals surface area contributed by atoms with Crippen LogP contribution in [0.3, 0.4) is 0 Å². The Labute approximate surface area is 107 Å². The molecule has 1 saturated carbocycles. The first kappa shape index (κ1) is 14.8. The largest absolute Gasteiger partial charge is 0.480 e. The molecule has 0 aromatic heterocycles. The molecular weight excluding hydrogens is 236 g/mol. The Balaban J connectivity index is 2.44. The highest BCUT2D eigenvalue weighted by Crippen LogP contribution is 2.27. The molecular formula is C12H22N2O4. The van der Waals surface area contributed by atoms with E-state index in [1.807, 2.05) is 6.92 Å². The molecule has 0 aliphatic heterocycles. The fraction of sp³-hybridized carbons (Fsp3) is 0.833. The Hall–Kier alpha value is -1.30. The molecule has 0 saturated heterocycles. The van der Waals surface area contributed by atoms with E-state index in [4.69, 9.17) is 5.11 Å². The van der Waals surface area contributed by atoms with Crippen molar-refractivity contribution in [1.29, 1.82) is 0 Å². The number of carboxylic acids is 1. The van der Waals surface area contributed by atoms with Crippen LogP contribution in [0, 0.1) is 5.92 Å². The second-order valence-corrected chi connectivity index (χ2v) is 4.97. The van der Waals surface area contributed by atoms with E-state index in [-0.39, 0.29) is 18.7 Å². The van der Waals surface area contributed by atoms with Crippen LogP contribution >= 0.6 is 0 Å². The van der Waals surface area contributed by atoms with Gasteiger partial charge < -0.3 is 20.0 Å². The van der Waals surface area contributed by atoms with E-state index in [1.54, 1.807) is 11.9 Å². The lowest BCUT2D eigenvalue weighted by Crippen LogP contribution is -2.47. The van der Waals surface area contributed by atoms with Crippen LogP contribution in [0.15, 0.2) is 0 Å². The van der Waals surface area contributed by atoms with E-state index in [0.29, 0.717) is 19.0 Å². The Morgan fingerprint density at radius 2 is 1.94 bits per heavy atom. The van der Waals surface area contributed by atoms with Gasteiger partial charge in [0.25, 0.3) is 0 Å². The molecule has 1 aliphatic carbocycles. The summed E-state index contributed by atoms with van der Waals surface area (Å²) in [6.45, 7) is 2.67. The molecule has 18 heavy (non-hydrogen) atoms. The molecule has 0 bridgehead atoms. The lowest BCUT2D eigenvalue weighted by Gasteiger charge is -2.36. The van der Waals surface area contributed by atoms with Gasteiger partial charge in [-0.25, -0.2) is 4.79 Å². The number of rotatable bonds is 6. The number of aliphatic hydroxyl groups excluding tert-OH is 1. The highest BCUT2D eigenvalue weighted by Gasteiger charge is 2.30. The van der Waals surface area contributed by atoms with Crippen molar-refractivity contribution in [1.82, 2.24) is 9.80 Å². The van der Waals surface area contributed by atoms with Crippen molar-refractivity contribution in [2.45, 2.75) is 32.3 Å². The quantitative estimate of drug-likeness (QED) is 0.731. The summed E-state index contributed by atoms with van der Waals surface area (Å²) in [7, 11) is 1.68. The zero-order valence-corrected chi connectivity index (χ0v) is 11.0. The fourth-order valence-electron chi connectivity index (χ4n) is 2.23. The van der Waals surface area contributed by atoms with E-state index in [9.17, 15) is 14.7 Å². The first-order valence-electron chi connectivity index (χ1n) is 6.34. The predicted octanol–water partition coefficient (Wildman–Crippen LogP) is 0.606. The van der Waals surface area contributed by atoms with Crippen LogP contribution in [0.1, 0.15) is 26.2 Å². The van der Waals surface area contributed by atoms with Crippen molar-refractivity contribution in [3.05, 3.63) is 0 Å². The number of hydrogen-bond donors (Lipinski definition) is 2. The average Bonchev–Trinajstić information content (AvgIpc) is 2.24. The summed E-state index contributed by atoms with van der Waals surface area (Å²) in [5.74, 6) is -0.661. The number of carbonyl (C=O) groups is 2. The Morgan fingerprint density at radius 1 is 1.33 bits per heavy atom. The van der Waals surface area contributed by atoms with Gasteiger partial charge >= 0.3 is 12.0 Å². The summed E-state index contributed by atoms with van der Waals surface area (Å²) in [6.07, 6.45) is 1.95. The van der Waals surface area contributed by atoms with E-state index >= 15 is 0 Å². The number of aliphatic carboxylic acids is 1. The molecule has 0 heterocycles. The Morgan fingerprint density at radius 3 is 2.39 bits per heavy atom. The van der Waals surface area contributed by atoms with Crippen LogP contribution in [0.2, 0.25) is 0 Å². The standard InChI is InChI=1S/C12H22N2O4/c1-3-4-14(8-11(16)17)12(18)13(2)7-9-5-10(15)6-9/h9-10,15H,3-8H2,1-2H3,(H,16,17). The summed E-state index contributed by atoms with van der Waals surface area (Å²) >= 11 is 0. The number of nitrogens with zero attached hydrogens (tertiary/aromatic N) is 2.